The lowest BCUT2D eigenvalue weighted by molar-refractivity contribution is 0.0680. The van der Waals surface area contributed by atoms with Crippen molar-refractivity contribution in [3.05, 3.63) is 16.7 Å². The average molecular weight is 439 g/mol. The van der Waals surface area contributed by atoms with Crippen LogP contribution in [0.1, 0.15) is 38.5 Å². The van der Waals surface area contributed by atoms with E-state index in [1.165, 1.54) is 4.90 Å². The SMILES string of the molecule is O=C(O)N(CC1CCOCC1)c1cc(OC2CCCC2)nc2c(Br)cnn12. The Labute approximate surface area is 165 Å². The molecule has 1 saturated carbocycles. The van der Waals surface area contributed by atoms with Crippen LogP contribution in [0.5, 0.6) is 5.88 Å². The number of ether oxygens (including phenoxy) is 2. The van der Waals surface area contributed by atoms with Gasteiger partial charge in [-0.05, 0) is 60.4 Å². The molecule has 1 amide bonds. The van der Waals surface area contributed by atoms with Crippen molar-refractivity contribution in [2.75, 3.05) is 24.7 Å². The predicted molar refractivity (Wildman–Crippen MR) is 102 cm³/mol. The van der Waals surface area contributed by atoms with Gasteiger partial charge in [-0.25, -0.2) is 4.79 Å². The molecule has 1 aliphatic heterocycles. The average Bonchev–Trinajstić information content (AvgIpc) is 3.30. The molecule has 0 spiro atoms. The zero-order valence-corrected chi connectivity index (χ0v) is 16.6. The summed E-state index contributed by atoms with van der Waals surface area (Å²) in [6.45, 7) is 1.75. The summed E-state index contributed by atoms with van der Waals surface area (Å²) < 4.78 is 13.7. The molecule has 3 heterocycles. The molecule has 2 fully saturated rings. The van der Waals surface area contributed by atoms with E-state index in [1.54, 1.807) is 16.8 Å². The Morgan fingerprint density at radius 3 is 2.78 bits per heavy atom. The van der Waals surface area contributed by atoms with Crippen LogP contribution in [0.2, 0.25) is 0 Å². The van der Waals surface area contributed by atoms with Gasteiger partial charge >= 0.3 is 6.09 Å². The number of aromatic nitrogens is 3. The molecular formula is C18H23BrN4O4. The molecule has 146 valence electrons. The number of carbonyl (C=O) groups is 1. The summed E-state index contributed by atoms with van der Waals surface area (Å²) >= 11 is 3.45. The minimum Gasteiger partial charge on any atom is -0.474 e. The third kappa shape index (κ3) is 4.03. The third-order valence-electron chi connectivity index (χ3n) is 5.27. The molecule has 9 heteroatoms. The standard InChI is InChI=1S/C18H23BrN4O4/c19-14-10-20-23-16(22(18(24)25)11-12-5-7-26-8-6-12)9-15(21-17(14)23)27-13-3-1-2-4-13/h9-10,12-13H,1-8,11H2,(H,24,25). The molecule has 1 aliphatic carbocycles. The number of anilines is 1. The van der Waals surface area contributed by atoms with Crippen molar-refractivity contribution in [3.63, 3.8) is 0 Å². The Kier molecular flexibility index (Phi) is 5.49. The van der Waals surface area contributed by atoms with E-state index in [-0.39, 0.29) is 12.0 Å². The largest absolute Gasteiger partial charge is 0.474 e. The van der Waals surface area contributed by atoms with Gasteiger partial charge in [0, 0.05) is 25.8 Å². The van der Waals surface area contributed by atoms with Gasteiger partial charge in [0.25, 0.3) is 0 Å². The van der Waals surface area contributed by atoms with Crippen LogP contribution in [0, 0.1) is 5.92 Å². The lowest BCUT2D eigenvalue weighted by Crippen LogP contribution is -2.37. The normalized spacial score (nSPS) is 18.9. The maximum absolute atomic E-state index is 12.1. The van der Waals surface area contributed by atoms with Crippen LogP contribution in [0.15, 0.2) is 16.7 Å². The highest BCUT2D eigenvalue weighted by Gasteiger charge is 2.26. The molecule has 2 aliphatic rings. The van der Waals surface area contributed by atoms with Crippen LogP contribution >= 0.6 is 15.9 Å². The lowest BCUT2D eigenvalue weighted by Gasteiger charge is -2.28. The lowest BCUT2D eigenvalue weighted by atomic mass is 10.00. The van der Waals surface area contributed by atoms with Crippen LogP contribution in [0.3, 0.4) is 0 Å². The summed E-state index contributed by atoms with van der Waals surface area (Å²) in [6, 6.07) is 1.69. The van der Waals surface area contributed by atoms with Gasteiger partial charge in [0.05, 0.1) is 10.7 Å². The first-order valence-electron chi connectivity index (χ1n) is 9.41. The number of carboxylic acid groups (broad SMARTS) is 1. The van der Waals surface area contributed by atoms with Crippen molar-refractivity contribution >= 4 is 33.5 Å². The highest BCUT2D eigenvalue weighted by molar-refractivity contribution is 9.10. The number of fused-ring (bicyclic) bond motifs is 1. The molecule has 2 aromatic rings. The Morgan fingerprint density at radius 1 is 1.33 bits per heavy atom. The van der Waals surface area contributed by atoms with Gasteiger partial charge < -0.3 is 14.6 Å². The summed E-state index contributed by atoms with van der Waals surface area (Å²) in [5, 5.41) is 14.2. The number of hydrogen-bond acceptors (Lipinski definition) is 5. The van der Waals surface area contributed by atoms with Crippen molar-refractivity contribution in [2.24, 2.45) is 5.92 Å². The molecule has 0 unspecified atom stereocenters. The van der Waals surface area contributed by atoms with E-state index < -0.39 is 6.09 Å². The summed E-state index contributed by atoms with van der Waals surface area (Å²) in [5.41, 5.74) is 0.554. The van der Waals surface area contributed by atoms with Gasteiger partial charge in [-0.1, -0.05) is 0 Å². The van der Waals surface area contributed by atoms with Crippen LogP contribution in [-0.2, 0) is 4.74 Å². The molecule has 4 rings (SSSR count). The molecule has 1 N–H and O–H groups in total. The zero-order valence-electron chi connectivity index (χ0n) is 15.0. The number of halogens is 1. The molecule has 0 aromatic carbocycles. The summed E-state index contributed by atoms with van der Waals surface area (Å²) in [7, 11) is 0. The second-order valence-corrected chi connectivity index (χ2v) is 8.01. The second kappa shape index (κ2) is 8.02. The first kappa shape index (κ1) is 18.5. The van der Waals surface area contributed by atoms with Crippen molar-refractivity contribution < 1.29 is 19.4 Å². The minimum atomic E-state index is -1.01. The predicted octanol–water partition coefficient (Wildman–Crippen LogP) is 3.72. The molecule has 0 atom stereocenters. The van der Waals surface area contributed by atoms with E-state index >= 15 is 0 Å². The first-order chi connectivity index (χ1) is 13.1. The Morgan fingerprint density at radius 2 is 2.07 bits per heavy atom. The van der Waals surface area contributed by atoms with Crippen LogP contribution in [0.4, 0.5) is 10.6 Å². The van der Waals surface area contributed by atoms with Gasteiger partial charge in [0.15, 0.2) is 5.65 Å². The number of amides is 1. The van der Waals surface area contributed by atoms with Crippen molar-refractivity contribution in [2.45, 2.75) is 44.6 Å². The minimum absolute atomic E-state index is 0.142. The first-order valence-corrected chi connectivity index (χ1v) is 10.2. The van der Waals surface area contributed by atoms with E-state index in [0.717, 1.165) is 38.5 Å². The van der Waals surface area contributed by atoms with Crippen LogP contribution in [0.25, 0.3) is 5.65 Å². The van der Waals surface area contributed by atoms with Crippen molar-refractivity contribution in [3.8, 4) is 5.88 Å². The van der Waals surface area contributed by atoms with Gasteiger partial charge in [0.1, 0.15) is 11.9 Å². The second-order valence-electron chi connectivity index (χ2n) is 7.15. The molecular weight excluding hydrogens is 416 g/mol. The fourth-order valence-electron chi connectivity index (χ4n) is 3.79. The Bertz CT molecular complexity index is 815. The Balaban J connectivity index is 1.68. The van der Waals surface area contributed by atoms with E-state index in [2.05, 4.69) is 26.0 Å². The summed E-state index contributed by atoms with van der Waals surface area (Å²) in [6.07, 6.45) is 6.79. The molecule has 2 aromatic heterocycles. The fraction of sp³-hybridized carbons (Fsp3) is 0.611. The number of hydrogen-bond donors (Lipinski definition) is 1. The third-order valence-corrected chi connectivity index (χ3v) is 5.82. The van der Waals surface area contributed by atoms with E-state index in [9.17, 15) is 9.90 Å². The molecule has 8 nitrogen and oxygen atoms in total. The fourth-order valence-corrected chi connectivity index (χ4v) is 4.13. The summed E-state index contributed by atoms with van der Waals surface area (Å²) in [5.74, 6) is 1.16. The van der Waals surface area contributed by atoms with E-state index in [4.69, 9.17) is 9.47 Å². The highest BCUT2D eigenvalue weighted by Crippen LogP contribution is 2.30. The van der Waals surface area contributed by atoms with E-state index in [0.29, 0.717) is 41.6 Å². The summed E-state index contributed by atoms with van der Waals surface area (Å²) in [4.78, 5) is 18.0. The van der Waals surface area contributed by atoms with Gasteiger partial charge in [0.2, 0.25) is 5.88 Å². The van der Waals surface area contributed by atoms with Crippen molar-refractivity contribution in [1.82, 2.24) is 14.6 Å². The van der Waals surface area contributed by atoms with Crippen LogP contribution < -0.4 is 9.64 Å². The zero-order chi connectivity index (χ0) is 18.8. The van der Waals surface area contributed by atoms with E-state index in [1.807, 2.05) is 0 Å². The molecule has 0 radical (unpaired) electrons. The van der Waals surface area contributed by atoms with Crippen molar-refractivity contribution in [1.29, 1.82) is 0 Å². The maximum atomic E-state index is 12.1. The quantitative estimate of drug-likeness (QED) is 0.764. The molecule has 1 saturated heterocycles. The molecule has 0 bridgehead atoms. The van der Waals surface area contributed by atoms with Gasteiger partial charge in [-0.3, -0.25) is 4.90 Å². The number of rotatable bonds is 5. The van der Waals surface area contributed by atoms with Gasteiger partial charge in [-0.2, -0.15) is 14.6 Å². The Hall–Kier alpha value is -1.87. The smallest absolute Gasteiger partial charge is 0.413 e. The molecule has 27 heavy (non-hydrogen) atoms. The number of nitrogens with zero attached hydrogens (tertiary/aromatic N) is 4. The van der Waals surface area contributed by atoms with Crippen LogP contribution in [-0.4, -0.2) is 51.7 Å². The maximum Gasteiger partial charge on any atom is 0.413 e. The highest BCUT2D eigenvalue weighted by atomic mass is 79.9. The monoisotopic (exact) mass is 438 g/mol. The van der Waals surface area contributed by atoms with Gasteiger partial charge in [-0.15, -0.1) is 0 Å². The topological polar surface area (TPSA) is 89.2 Å².